The van der Waals surface area contributed by atoms with E-state index in [4.69, 9.17) is 19.9 Å². The molecule has 0 N–H and O–H groups in total. The molecule has 0 aliphatic rings. The van der Waals surface area contributed by atoms with Crippen LogP contribution in [0.3, 0.4) is 0 Å². The second-order valence-corrected chi connectivity index (χ2v) is 13.8. The summed E-state index contributed by atoms with van der Waals surface area (Å²) in [7, 11) is 0. The van der Waals surface area contributed by atoms with E-state index in [1.807, 2.05) is 97.1 Å². The third-order valence-electron chi connectivity index (χ3n) is 10.3. The van der Waals surface area contributed by atoms with Crippen LogP contribution in [0.15, 0.2) is 194 Å². The van der Waals surface area contributed by atoms with E-state index in [9.17, 15) is 5.26 Å². The Morgan fingerprint density at radius 1 is 0.368 bits per heavy atom. The van der Waals surface area contributed by atoms with E-state index in [-0.39, 0.29) is 0 Å². The molecule has 0 fully saturated rings. The standard InChI is InChI=1S/C51H32N6/c52-33-34-29-41(50-53-43(35-17-5-1-6-18-35)31-44(54-50)36-19-7-2-8-20-36)49(57-47-27-15-13-25-39(47)40-26-14-16-28-48(40)57)42(30-34)51-55-45(37-21-9-3-10-22-37)32-46(56-51)38-23-11-4-12-24-38/h1-32H. The van der Waals surface area contributed by atoms with Gasteiger partial charge in [0.1, 0.15) is 0 Å². The van der Waals surface area contributed by atoms with Gasteiger partial charge in [-0.3, -0.25) is 0 Å². The molecule has 0 saturated carbocycles. The molecule has 0 spiro atoms. The normalized spacial score (nSPS) is 11.1. The Morgan fingerprint density at radius 2 is 0.684 bits per heavy atom. The van der Waals surface area contributed by atoms with Crippen molar-refractivity contribution in [1.82, 2.24) is 24.5 Å². The van der Waals surface area contributed by atoms with E-state index >= 15 is 0 Å². The van der Waals surface area contributed by atoms with Gasteiger partial charge in [-0.15, -0.1) is 0 Å². The van der Waals surface area contributed by atoms with Gasteiger partial charge in [-0.1, -0.05) is 158 Å². The van der Waals surface area contributed by atoms with Crippen LogP contribution in [0.25, 0.3) is 95.3 Å². The van der Waals surface area contributed by atoms with Crippen molar-refractivity contribution < 1.29 is 0 Å². The number of rotatable bonds is 7. The Bertz CT molecular complexity index is 2800. The van der Waals surface area contributed by atoms with Gasteiger partial charge in [0.2, 0.25) is 0 Å². The summed E-state index contributed by atoms with van der Waals surface area (Å²) in [6.07, 6.45) is 0. The van der Waals surface area contributed by atoms with Gasteiger partial charge >= 0.3 is 0 Å². The largest absolute Gasteiger partial charge is 0.308 e. The third-order valence-corrected chi connectivity index (χ3v) is 10.3. The first kappa shape index (κ1) is 33.6. The highest BCUT2D eigenvalue weighted by molar-refractivity contribution is 6.10. The van der Waals surface area contributed by atoms with Crippen molar-refractivity contribution in [3.05, 3.63) is 200 Å². The van der Waals surface area contributed by atoms with Crippen molar-refractivity contribution in [3.63, 3.8) is 0 Å². The van der Waals surface area contributed by atoms with Gasteiger partial charge in [-0.25, -0.2) is 19.9 Å². The Kier molecular flexibility index (Phi) is 8.44. The molecular weight excluding hydrogens is 697 g/mol. The summed E-state index contributed by atoms with van der Waals surface area (Å²) in [6, 6.07) is 67.7. The zero-order chi connectivity index (χ0) is 38.1. The summed E-state index contributed by atoms with van der Waals surface area (Å²) in [4.78, 5) is 21.2. The molecule has 10 aromatic rings. The summed E-state index contributed by atoms with van der Waals surface area (Å²) in [5.74, 6) is 0.959. The second-order valence-electron chi connectivity index (χ2n) is 13.8. The minimum Gasteiger partial charge on any atom is -0.308 e. The minimum absolute atomic E-state index is 0.439. The van der Waals surface area contributed by atoms with Crippen LogP contribution in [0.2, 0.25) is 0 Å². The number of fused-ring (bicyclic) bond motifs is 3. The van der Waals surface area contributed by atoms with Crippen molar-refractivity contribution in [2.75, 3.05) is 0 Å². The topological polar surface area (TPSA) is 80.3 Å². The molecule has 7 aromatic carbocycles. The van der Waals surface area contributed by atoms with E-state index in [0.29, 0.717) is 28.3 Å². The predicted molar refractivity (Wildman–Crippen MR) is 229 cm³/mol. The molecule has 0 aliphatic carbocycles. The molecular formula is C51H32N6. The van der Waals surface area contributed by atoms with Crippen molar-refractivity contribution in [3.8, 4) is 79.6 Å². The summed E-state index contributed by atoms with van der Waals surface area (Å²) < 4.78 is 2.26. The molecule has 0 saturated heterocycles. The molecule has 266 valence electrons. The molecule has 6 heteroatoms. The lowest BCUT2D eigenvalue weighted by atomic mass is 9.99. The van der Waals surface area contributed by atoms with Crippen LogP contribution in [-0.2, 0) is 0 Å². The summed E-state index contributed by atoms with van der Waals surface area (Å²) in [5, 5.41) is 12.9. The zero-order valence-corrected chi connectivity index (χ0v) is 30.7. The summed E-state index contributed by atoms with van der Waals surface area (Å²) in [5.41, 5.74) is 11.5. The molecule has 0 unspecified atom stereocenters. The van der Waals surface area contributed by atoms with Gasteiger partial charge in [0.05, 0.1) is 51.1 Å². The van der Waals surface area contributed by atoms with Crippen LogP contribution in [0.5, 0.6) is 0 Å². The fraction of sp³-hybridized carbons (Fsp3) is 0. The van der Waals surface area contributed by atoms with Crippen LogP contribution in [0.4, 0.5) is 0 Å². The number of nitrogens with zero attached hydrogens (tertiary/aromatic N) is 6. The molecule has 0 radical (unpaired) electrons. The number of para-hydroxylation sites is 2. The smallest absolute Gasteiger partial charge is 0.162 e. The molecule has 0 atom stereocenters. The molecule has 6 nitrogen and oxygen atoms in total. The van der Waals surface area contributed by atoms with Crippen molar-refractivity contribution in [1.29, 1.82) is 5.26 Å². The average Bonchev–Trinajstić information content (AvgIpc) is 3.63. The fourth-order valence-electron chi connectivity index (χ4n) is 7.61. The van der Waals surface area contributed by atoms with Gasteiger partial charge < -0.3 is 4.57 Å². The van der Waals surface area contributed by atoms with Crippen LogP contribution in [0, 0.1) is 11.3 Å². The van der Waals surface area contributed by atoms with E-state index < -0.39 is 0 Å². The number of hydrogen-bond donors (Lipinski definition) is 0. The van der Waals surface area contributed by atoms with Crippen LogP contribution in [-0.4, -0.2) is 24.5 Å². The third kappa shape index (κ3) is 6.20. The average molecular weight is 729 g/mol. The van der Waals surface area contributed by atoms with Gasteiger partial charge in [0.25, 0.3) is 0 Å². The quantitative estimate of drug-likeness (QED) is 0.163. The lowest BCUT2D eigenvalue weighted by molar-refractivity contribution is 1.12. The number of aromatic nitrogens is 5. The zero-order valence-electron chi connectivity index (χ0n) is 30.7. The van der Waals surface area contributed by atoms with Crippen molar-refractivity contribution in [2.45, 2.75) is 0 Å². The van der Waals surface area contributed by atoms with Crippen LogP contribution in [0.1, 0.15) is 5.56 Å². The van der Waals surface area contributed by atoms with Crippen molar-refractivity contribution >= 4 is 21.8 Å². The Labute approximate surface area is 329 Å². The van der Waals surface area contributed by atoms with Gasteiger partial charge in [-0.05, 0) is 36.4 Å². The molecule has 0 bridgehead atoms. The first-order valence-electron chi connectivity index (χ1n) is 18.8. The maximum absolute atomic E-state index is 10.7. The first-order chi connectivity index (χ1) is 28.2. The van der Waals surface area contributed by atoms with Crippen LogP contribution < -0.4 is 0 Å². The van der Waals surface area contributed by atoms with Crippen LogP contribution >= 0.6 is 0 Å². The minimum atomic E-state index is 0.439. The molecule has 3 aromatic heterocycles. The molecule has 10 rings (SSSR count). The number of nitriles is 1. The molecule has 3 heterocycles. The maximum atomic E-state index is 10.7. The summed E-state index contributed by atoms with van der Waals surface area (Å²) >= 11 is 0. The Morgan fingerprint density at radius 3 is 1.02 bits per heavy atom. The predicted octanol–water partition coefficient (Wildman–Crippen LogP) is 12.2. The van der Waals surface area contributed by atoms with E-state index in [0.717, 1.165) is 72.5 Å². The SMILES string of the molecule is N#Cc1cc(-c2nc(-c3ccccc3)cc(-c3ccccc3)n2)c(-n2c3ccccc3c3ccccc32)c(-c2nc(-c3ccccc3)cc(-c3ccccc3)n2)c1. The van der Waals surface area contributed by atoms with E-state index in [1.165, 1.54) is 0 Å². The lowest BCUT2D eigenvalue weighted by Gasteiger charge is -2.20. The highest BCUT2D eigenvalue weighted by atomic mass is 15.0. The van der Waals surface area contributed by atoms with Crippen molar-refractivity contribution in [2.24, 2.45) is 0 Å². The Balaban J connectivity index is 1.36. The first-order valence-corrected chi connectivity index (χ1v) is 18.8. The van der Waals surface area contributed by atoms with Gasteiger partial charge in [-0.2, -0.15) is 5.26 Å². The highest BCUT2D eigenvalue weighted by Crippen LogP contribution is 2.42. The highest BCUT2D eigenvalue weighted by Gasteiger charge is 2.25. The maximum Gasteiger partial charge on any atom is 0.162 e. The van der Waals surface area contributed by atoms with E-state index in [2.05, 4.69) is 108 Å². The molecule has 0 aliphatic heterocycles. The van der Waals surface area contributed by atoms with Gasteiger partial charge in [0.15, 0.2) is 11.6 Å². The molecule has 0 amide bonds. The van der Waals surface area contributed by atoms with Gasteiger partial charge in [0, 0.05) is 44.2 Å². The Hall–Kier alpha value is -8.01. The number of hydrogen-bond acceptors (Lipinski definition) is 5. The molecule has 57 heavy (non-hydrogen) atoms. The lowest BCUT2D eigenvalue weighted by Crippen LogP contribution is -2.06. The summed E-state index contributed by atoms with van der Waals surface area (Å²) in [6.45, 7) is 0. The number of benzene rings is 7. The van der Waals surface area contributed by atoms with E-state index in [1.54, 1.807) is 0 Å². The second kappa shape index (κ2) is 14.3. The monoisotopic (exact) mass is 728 g/mol. The fourth-order valence-corrected chi connectivity index (χ4v) is 7.61.